The number of anilines is 1. The summed E-state index contributed by atoms with van der Waals surface area (Å²) in [5.74, 6) is -0.914. The van der Waals surface area contributed by atoms with Crippen molar-refractivity contribution in [3.63, 3.8) is 0 Å². The van der Waals surface area contributed by atoms with Crippen molar-refractivity contribution in [2.75, 3.05) is 18.0 Å². The molecule has 1 fully saturated rings. The number of carbonyl (C=O) groups excluding carboxylic acids is 2. The molecular weight excluding hydrogens is 427 g/mol. The highest BCUT2D eigenvalue weighted by Crippen LogP contribution is 2.36. The molecule has 1 atom stereocenters. The molecule has 0 saturated carbocycles. The van der Waals surface area contributed by atoms with Crippen LogP contribution in [0, 0.1) is 5.82 Å². The molecule has 2 amide bonds. The Morgan fingerprint density at radius 2 is 1.66 bits per heavy atom. The molecule has 5 rings (SSSR count). The highest BCUT2D eigenvalue weighted by molar-refractivity contribution is 7.85. The molecule has 162 valence electrons. The van der Waals surface area contributed by atoms with Crippen LogP contribution in [0.15, 0.2) is 76.5 Å². The quantitative estimate of drug-likeness (QED) is 0.597. The van der Waals surface area contributed by atoms with Gasteiger partial charge in [0.05, 0.1) is 38.4 Å². The second-order valence-corrected chi connectivity index (χ2v) is 9.35. The summed E-state index contributed by atoms with van der Waals surface area (Å²) in [6, 6.07) is 18.0. The smallest absolute Gasteiger partial charge is 0.259 e. The standard InChI is InChI=1S/C25H21FN2O3S/c26-20-9-3-1-7-18(20)16-28-21-15-17(24(29)27-13-5-6-14-27)11-12-23(21)32(31)22-10-4-2-8-19(22)25(28)30/h1-4,7-12,15H,5-6,13-14,16H2. The Morgan fingerprint density at radius 3 is 2.44 bits per heavy atom. The summed E-state index contributed by atoms with van der Waals surface area (Å²) >= 11 is 0. The topological polar surface area (TPSA) is 57.7 Å². The van der Waals surface area contributed by atoms with Crippen molar-refractivity contribution < 1.29 is 18.2 Å². The number of carbonyl (C=O) groups is 2. The van der Waals surface area contributed by atoms with E-state index in [9.17, 15) is 18.2 Å². The van der Waals surface area contributed by atoms with Crippen molar-refractivity contribution in [1.82, 2.24) is 4.90 Å². The number of halogens is 1. The first-order chi connectivity index (χ1) is 15.5. The number of fused-ring (bicyclic) bond motifs is 2. The molecule has 3 aromatic carbocycles. The van der Waals surface area contributed by atoms with Gasteiger partial charge in [-0.2, -0.15) is 0 Å². The van der Waals surface area contributed by atoms with E-state index >= 15 is 0 Å². The maximum absolute atomic E-state index is 14.5. The molecule has 2 heterocycles. The van der Waals surface area contributed by atoms with Crippen molar-refractivity contribution >= 4 is 28.3 Å². The Hall–Kier alpha value is -3.32. The summed E-state index contributed by atoms with van der Waals surface area (Å²) < 4.78 is 27.9. The van der Waals surface area contributed by atoms with E-state index in [2.05, 4.69) is 0 Å². The first-order valence-electron chi connectivity index (χ1n) is 10.5. The van der Waals surface area contributed by atoms with Crippen molar-refractivity contribution in [2.24, 2.45) is 0 Å². The van der Waals surface area contributed by atoms with Gasteiger partial charge in [0.25, 0.3) is 11.8 Å². The van der Waals surface area contributed by atoms with Gasteiger partial charge in [0, 0.05) is 24.2 Å². The summed E-state index contributed by atoms with van der Waals surface area (Å²) in [6.07, 6.45) is 1.93. The van der Waals surface area contributed by atoms with Gasteiger partial charge in [-0.3, -0.25) is 9.59 Å². The Bertz CT molecular complexity index is 1250. The monoisotopic (exact) mass is 448 g/mol. The predicted octanol–water partition coefficient (Wildman–Crippen LogP) is 4.39. The number of likely N-dealkylation sites (tertiary alicyclic amines) is 1. The van der Waals surface area contributed by atoms with E-state index < -0.39 is 16.6 Å². The molecule has 0 aromatic heterocycles. The van der Waals surface area contributed by atoms with Gasteiger partial charge in [0.1, 0.15) is 5.82 Å². The third-order valence-electron chi connectivity index (χ3n) is 5.94. The SMILES string of the molecule is O=C(c1ccc2c(c1)N(Cc1ccccc1F)C(=O)c1ccccc1S2=O)N1CCCC1. The van der Waals surface area contributed by atoms with Crippen LogP contribution in [0.5, 0.6) is 0 Å². The van der Waals surface area contributed by atoms with Crippen LogP contribution < -0.4 is 4.90 Å². The molecule has 2 aliphatic heterocycles. The number of hydrogen-bond acceptors (Lipinski definition) is 3. The molecule has 0 spiro atoms. The number of rotatable bonds is 3. The lowest BCUT2D eigenvalue weighted by Gasteiger charge is -2.24. The molecule has 32 heavy (non-hydrogen) atoms. The summed E-state index contributed by atoms with van der Waals surface area (Å²) in [5.41, 5.74) is 1.46. The van der Waals surface area contributed by atoms with E-state index in [1.165, 1.54) is 11.0 Å². The Labute approximate surface area is 187 Å². The second kappa shape index (κ2) is 8.31. The fourth-order valence-corrected chi connectivity index (χ4v) is 5.60. The van der Waals surface area contributed by atoms with Gasteiger partial charge in [-0.25, -0.2) is 8.60 Å². The number of amides is 2. The Morgan fingerprint density at radius 1 is 0.938 bits per heavy atom. The molecule has 5 nitrogen and oxygen atoms in total. The van der Waals surface area contributed by atoms with Gasteiger partial charge in [0.15, 0.2) is 0 Å². The van der Waals surface area contributed by atoms with Gasteiger partial charge in [-0.05, 0) is 49.2 Å². The van der Waals surface area contributed by atoms with Gasteiger partial charge in [-0.15, -0.1) is 0 Å². The lowest BCUT2D eigenvalue weighted by atomic mass is 10.1. The molecule has 0 aliphatic carbocycles. The Kier molecular flexibility index (Phi) is 5.35. The molecule has 0 N–H and O–H groups in total. The van der Waals surface area contributed by atoms with Gasteiger partial charge in [0.2, 0.25) is 0 Å². The zero-order valence-corrected chi connectivity index (χ0v) is 18.1. The maximum atomic E-state index is 14.5. The highest BCUT2D eigenvalue weighted by atomic mass is 32.2. The average Bonchev–Trinajstić information content (AvgIpc) is 3.34. The average molecular weight is 449 g/mol. The summed E-state index contributed by atoms with van der Waals surface area (Å²) in [6.45, 7) is 1.36. The molecule has 2 aliphatic rings. The summed E-state index contributed by atoms with van der Waals surface area (Å²) in [4.78, 5) is 30.6. The summed E-state index contributed by atoms with van der Waals surface area (Å²) in [5, 5.41) is 0. The lowest BCUT2D eigenvalue weighted by Crippen LogP contribution is -2.31. The van der Waals surface area contributed by atoms with Crippen molar-refractivity contribution in [1.29, 1.82) is 0 Å². The minimum atomic E-state index is -1.62. The third kappa shape index (κ3) is 3.52. The van der Waals surface area contributed by atoms with E-state index in [4.69, 9.17) is 0 Å². The normalized spacial score (nSPS) is 17.7. The lowest BCUT2D eigenvalue weighted by molar-refractivity contribution is 0.0792. The highest BCUT2D eigenvalue weighted by Gasteiger charge is 2.32. The van der Waals surface area contributed by atoms with Gasteiger partial charge < -0.3 is 9.80 Å². The van der Waals surface area contributed by atoms with Gasteiger partial charge >= 0.3 is 0 Å². The molecule has 1 unspecified atom stereocenters. The van der Waals surface area contributed by atoms with E-state index in [0.717, 1.165) is 12.8 Å². The molecule has 7 heteroatoms. The van der Waals surface area contributed by atoms with Crippen LogP contribution in [0.4, 0.5) is 10.1 Å². The van der Waals surface area contributed by atoms with E-state index in [1.807, 2.05) is 0 Å². The van der Waals surface area contributed by atoms with E-state index in [0.29, 0.717) is 45.3 Å². The minimum Gasteiger partial charge on any atom is -0.339 e. The third-order valence-corrected chi connectivity index (χ3v) is 7.44. The predicted molar refractivity (Wildman–Crippen MR) is 120 cm³/mol. The van der Waals surface area contributed by atoms with Crippen molar-refractivity contribution in [3.8, 4) is 0 Å². The first-order valence-corrected chi connectivity index (χ1v) is 11.7. The number of benzene rings is 3. The minimum absolute atomic E-state index is 0.0363. The zero-order chi connectivity index (χ0) is 22.2. The molecular formula is C25H21FN2O3S. The van der Waals surface area contributed by atoms with Crippen LogP contribution in [0.25, 0.3) is 0 Å². The van der Waals surface area contributed by atoms with Crippen LogP contribution in [0.3, 0.4) is 0 Å². The van der Waals surface area contributed by atoms with E-state index in [1.54, 1.807) is 65.6 Å². The molecule has 0 radical (unpaired) electrons. The zero-order valence-electron chi connectivity index (χ0n) is 17.3. The van der Waals surface area contributed by atoms with Crippen LogP contribution in [-0.4, -0.2) is 34.0 Å². The number of hydrogen-bond donors (Lipinski definition) is 0. The number of nitrogens with zero attached hydrogens (tertiary/aromatic N) is 2. The Balaban J connectivity index is 1.66. The van der Waals surface area contributed by atoms with Crippen LogP contribution in [-0.2, 0) is 17.3 Å². The van der Waals surface area contributed by atoms with Crippen LogP contribution in [0.2, 0.25) is 0 Å². The van der Waals surface area contributed by atoms with Gasteiger partial charge in [-0.1, -0.05) is 30.3 Å². The fourth-order valence-electron chi connectivity index (χ4n) is 4.25. The maximum Gasteiger partial charge on any atom is 0.259 e. The van der Waals surface area contributed by atoms with Crippen LogP contribution in [0.1, 0.15) is 39.1 Å². The fraction of sp³-hybridized carbons (Fsp3) is 0.200. The first kappa shape index (κ1) is 20.6. The summed E-state index contributed by atoms with van der Waals surface area (Å²) in [7, 11) is -1.62. The molecule has 1 saturated heterocycles. The second-order valence-electron chi connectivity index (χ2n) is 7.93. The van der Waals surface area contributed by atoms with Crippen LogP contribution >= 0.6 is 0 Å². The van der Waals surface area contributed by atoms with Crippen molar-refractivity contribution in [2.45, 2.75) is 29.2 Å². The molecule has 0 bridgehead atoms. The van der Waals surface area contributed by atoms with Crippen molar-refractivity contribution in [3.05, 3.63) is 89.2 Å². The molecule has 3 aromatic rings. The van der Waals surface area contributed by atoms with E-state index in [-0.39, 0.29) is 18.4 Å². The largest absolute Gasteiger partial charge is 0.339 e.